The highest BCUT2D eigenvalue weighted by Gasteiger charge is 2.12. The largest absolute Gasteiger partial charge is 0.348 e. The van der Waals surface area contributed by atoms with Crippen molar-refractivity contribution in [2.24, 2.45) is 0 Å². The molecule has 0 saturated carbocycles. The van der Waals surface area contributed by atoms with Crippen LogP contribution in [-0.4, -0.2) is 18.4 Å². The minimum atomic E-state index is -0.633. The van der Waals surface area contributed by atoms with Gasteiger partial charge in [0.05, 0.1) is 0 Å². The molecule has 2 amide bonds. The van der Waals surface area contributed by atoms with Crippen molar-refractivity contribution in [2.75, 3.05) is 11.9 Å². The van der Waals surface area contributed by atoms with Crippen molar-refractivity contribution >= 4 is 17.5 Å². The summed E-state index contributed by atoms with van der Waals surface area (Å²) >= 11 is 0. The van der Waals surface area contributed by atoms with E-state index in [4.69, 9.17) is 0 Å². The number of para-hydroxylation sites is 1. The Morgan fingerprint density at radius 2 is 1.87 bits per heavy atom. The number of hydrogen-bond donors (Lipinski definition) is 2. The number of likely N-dealkylation sites (N-methyl/N-ethyl adjacent to an activating group) is 1. The summed E-state index contributed by atoms with van der Waals surface area (Å²) in [6.07, 6.45) is 0. The Kier molecular flexibility index (Phi) is 3.85. The van der Waals surface area contributed by atoms with Gasteiger partial charge >= 0.3 is 11.8 Å². The smallest absolute Gasteiger partial charge is 0.313 e. The molecule has 1 aromatic rings. The minimum Gasteiger partial charge on any atom is -0.348 e. The normalized spacial score (nSPS) is 9.47. The number of rotatable bonds is 2. The molecule has 1 rings (SSSR count). The zero-order chi connectivity index (χ0) is 11.3. The van der Waals surface area contributed by atoms with Crippen LogP contribution in [0.1, 0.15) is 12.5 Å². The summed E-state index contributed by atoms with van der Waals surface area (Å²) in [6.45, 7) is 4.08. The van der Waals surface area contributed by atoms with Crippen molar-refractivity contribution in [2.45, 2.75) is 13.8 Å². The molecule has 0 fully saturated rings. The summed E-state index contributed by atoms with van der Waals surface area (Å²) in [6, 6.07) is 7.30. The molecule has 0 bridgehead atoms. The first kappa shape index (κ1) is 11.2. The average Bonchev–Trinajstić information content (AvgIpc) is 2.21. The van der Waals surface area contributed by atoms with Crippen LogP contribution in [0.5, 0.6) is 0 Å². The lowest BCUT2D eigenvalue weighted by Crippen LogP contribution is -2.35. The van der Waals surface area contributed by atoms with Crippen LogP contribution in [0.25, 0.3) is 0 Å². The molecule has 0 radical (unpaired) electrons. The highest BCUT2D eigenvalue weighted by molar-refractivity contribution is 6.39. The number of aryl methyl sites for hydroxylation is 1. The van der Waals surface area contributed by atoms with Gasteiger partial charge in [0.2, 0.25) is 0 Å². The monoisotopic (exact) mass is 206 g/mol. The molecule has 15 heavy (non-hydrogen) atoms. The van der Waals surface area contributed by atoms with E-state index in [1.807, 2.05) is 19.1 Å². The summed E-state index contributed by atoms with van der Waals surface area (Å²) in [4.78, 5) is 22.5. The van der Waals surface area contributed by atoms with Crippen molar-refractivity contribution < 1.29 is 9.59 Å². The summed E-state index contributed by atoms with van der Waals surface area (Å²) in [5.74, 6) is -1.24. The van der Waals surface area contributed by atoms with Crippen molar-refractivity contribution in [1.82, 2.24) is 5.32 Å². The van der Waals surface area contributed by atoms with Gasteiger partial charge in [0.1, 0.15) is 0 Å². The maximum Gasteiger partial charge on any atom is 0.313 e. The summed E-state index contributed by atoms with van der Waals surface area (Å²) in [7, 11) is 0. The molecule has 0 spiro atoms. The lowest BCUT2D eigenvalue weighted by molar-refractivity contribution is -0.136. The zero-order valence-electron chi connectivity index (χ0n) is 8.83. The molecule has 0 saturated heterocycles. The van der Waals surface area contributed by atoms with Gasteiger partial charge in [-0.25, -0.2) is 0 Å². The van der Waals surface area contributed by atoms with E-state index in [2.05, 4.69) is 10.6 Å². The van der Waals surface area contributed by atoms with E-state index in [0.717, 1.165) is 5.56 Å². The van der Waals surface area contributed by atoms with Gasteiger partial charge in [-0.05, 0) is 25.5 Å². The Balaban J connectivity index is 2.67. The van der Waals surface area contributed by atoms with E-state index in [0.29, 0.717) is 12.2 Å². The Morgan fingerprint density at radius 3 is 2.47 bits per heavy atom. The number of anilines is 1. The van der Waals surface area contributed by atoms with E-state index in [-0.39, 0.29) is 0 Å². The number of carbonyl (C=O) groups excluding carboxylic acids is 2. The Labute approximate surface area is 88.7 Å². The van der Waals surface area contributed by atoms with E-state index < -0.39 is 11.8 Å². The first-order valence-corrected chi connectivity index (χ1v) is 4.80. The van der Waals surface area contributed by atoms with Gasteiger partial charge < -0.3 is 10.6 Å². The maximum absolute atomic E-state index is 11.3. The molecular formula is C11H14N2O2. The lowest BCUT2D eigenvalue weighted by atomic mass is 10.2. The number of nitrogens with one attached hydrogen (secondary N) is 2. The molecule has 0 aliphatic rings. The van der Waals surface area contributed by atoms with Crippen LogP contribution in [0, 0.1) is 6.92 Å². The van der Waals surface area contributed by atoms with E-state index in [9.17, 15) is 9.59 Å². The Morgan fingerprint density at radius 1 is 1.20 bits per heavy atom. The second kappa shape index (κ2) is 5.14. The fourth-order valence-corrected chi connectivity index (χ4v) is 1.13. The van der Waals surface area contributed by atoms with E-state index >= 15 is 0 Å². The third-order valence-electron chi connectivity index (χ3n) is 1.94. The molecule has 0 unspecified atom stereocenters. The fourth-order valence-electron chi connectivity index (χ4n) is 1.13. The third kappa shape index (κ3) is 3.09. The van der Waals surface area contributed by atoms with Crippen molar-refractivity contribution in [3.63, 3.8) is 0 Å². The maximum atomic E-state index is 11.3. The molecule has 0 aliphatic heterocycles. The molecule has 1 aromatic carbocycles. The molecular weight excluding hydrogens is 192 g/mol. The Hall–Kier alpha value is -1.84. The zero-order valence-corrected chi connectivity index (χ0v) is 8.83. The molecule has 0 aliphatic carbocycles. The van der Waals surface area contributed by atoms with Crippen molar-refractivity contribution in [1.29, 1.82) is 0 Å². The highest BCUT2D eigenvalue weighted by Crippen LogP contribution is 2.12. The number of carbonyl (C=O) groups is 2. The number of hydrogen-bond acceptors (Lipinski definition) is 2. The predicted octanol–water partition coefficient (Wildman–Crippen LogP) is 1.07. The van der Waals surface area contributed by atoms with Crippen LogP contribution in [0.4, 0.5) is 5.69 Å². The van der Waals surface area contributed by atoms with Crippen LogP contribution < -0.4 is 10.6 Å². The van der Waals surface area contributed by atoms with E-state index in [1.54, 1.807) is 19.1 Å². The quantitative estimate of drug-likeness (QED) is 0.711. The average molecular weight is 206 g/mol. The first-order valence-electron chi connectivity index (χ1n) is 4.80. The summed E-state index contributed by atoms with van der Waals surface area (Å²) in [5, 5.41) is 4.98. The molecule has 0 atom stereocenters. The van der Waals surface area contributed by atoms with Gasteiger partial charge in [-0.1, -0.05) is 18.2 Å². The SMILES string of the molecule is CCNC(=O)C(=O)Nc1ccccc1C. The van der Waals surface area contributed by atoms with Gasteiger partial charge in [0.15, 0.2) is 0 Å². The summed E-state index contributed by atoms with van der Waals surface area (Å²) in [5.41, 5.74) is 1.59. The fraction of sp³-hybridized carbons (Fsp3) is 0.273. The van der Waals surface area contributed by atoms with Crippen LogP contribution >= 0.6 is 0 Å². The molecule has 0 heterocycles. The highest BCUT2D eigenvalue weighted by atomic mass is 16.2. The van der Waals surface area contributed by atoms with Crippen LogP contribution in [0.15, 0.2) is 24.3 Å². The standard InChI is InChI=1S/C11H14N2O2/c1-3-12-10(14)11(15)13-9-7-5-4-6-8(9)2/h4-7H,3H2,1-2H3,(H,12,14)(H,13,15). The molecule has 2 N–H and O–H groups in total. The molecule has 4 heteroatoms. The van der Waals surface area contributed by atoms with Gasteiger partial charge in [0.25, 0.3) is 0 Å². The first-order chi connectivity index (χ1) is 7.15. The lowest BCUT2D eigenvalue weighted by Gasteiger charge is -2.07. The van der Waals surface area contributed by atoms with E-state index in [1.165, 1.54) is 0 Å². The van der Waals surface area contributed by atoms with Crippen molar-refractivity contribution in [3.05, 3.63) is 29.8 Å². The van der Waals surface area contributed by atoms with Gasteiger partial charge in [0, 0.05) is 12.2 Å². The third-order valence-corrected chi connectivity index (χ3v) is 1.94. The topological polar surface area (TPSA) is 58.2 Å². The van der Waals surface area contributed by atoms with Gasteiger partial charge in [-0.2, -0.15) is 0 Å². The van der Waals surface area contributed by atoms with Crippen molar-refractivity contribution in [3.8, 4) is 0 Å². The van der Waals surface area contributed by atoms with Gasteiger partial charge in [-0.15, -0.1) is 0 Å². The predicted molar refractivity (Wildman–Crippen MR) is 58.5 cm³/mol. The summed E-state index contributed by atoms with van der Waals surface area (Å²) < 4.78 is 0. The molecule has 0 aromatic heterocycles. The molecule has 4 nitrogen and oxygen atoms in total. The Bertz CT molecular complexity index is 375. The second-order valence-corrected chi connectivity index (χ2v) is 3.13. The van der Waals surface area contributed by atoms with Crippen LogP contribution in [-0.2, 0) is 9.59 Å². The van der Waals surface area contributed by atoms with Crippen LogP contribution in [0.2, 0.25) is 0 Å². The minimum absolute atomic E-state index is 0.444. The molecule has 80 valence electrons. The number of amides is 2. The van der Waals surface area contributed by atoms with Crippen LogP contribution in [0.3, 0.4) is 0 Å². The number of benzene rings is 1. The second-order valence-electron chi connectivity index (χ2n) is 3.13. The van der Waals surface area contributed by atoms with Gasteiger partial charge in [-0.3, -0.25) is 9.59 Å².